The van der Waals surface area contributed by atoms with E-state index >= 15 is 0 Å². The summed E-state index contributed by atoms with van der Waals surface area (Å²) >= 11 is 0. The second-order valence-corrected chi connectivity index (χ2v) is 6.28. The van der Waals surface area contributed by atoms with Gasteiger partial charge in [-0.3, -0.25) is 9.98 Å². The van der Waals surface area contributed by atoms with Gasteiger partial charge in [-0.2, -0.15) is 0 Å². The fourth-order valence-corrected chi connectivity index (χ4v) is 3.20. The van der Waals surface area contributed by atoms with Crippen molar-refractivity contribution in [3.63, 3.8) is 0 Å². The number of allylic oxidation sites excluding steroid dienone is 5. The van der Waals surface area contributed by atoms with Crippen molar-refractivity contribution in [1.82, 2.24) is 0 Å². The van der Waals surface area contributed by atoms with Crippen molar-refractivity contribution >= 4 is 23.6 Å². The van der Waals surface area contributed by atoms with Crippen molar-refractivity contribution in [2.45, 2.75) is 52.9 Å². The van der Waals surface area contributed by atoms with Crippen LogP contribution in [-0.2, 0) is 6.42 Å². The third-order valence-electron chi connectivity index (χ3n) is 4.57. The molecule has 0 fully saturated rings. The van der Waals surface area contributed by atoms with Crippen LogP contribution in [0.15, 0.2) is 52.1 Å². The molecule has 2 heteroatoms. The summed E-state index contributed by atoms with van der Waals surface area (Å²) in [7, 11) is 1.81. The zero-order valence-electron chi connectivity index (χ0n) is 16.0. The molecule has 2 nitrogen and oxygen atoms in total. The number of benzene rings is 1. The Bertz CT molecular complexity index is 730. The summed E-state index contributed by atoms with van der Waals surface area (Å²) in [6.07, 6.45) is 15.8. The molecule has 0 bridgehead atoms. The molecule has 25 heavy (non-hydrogen) atoms. The number of hydrogen-bond donors (Lipinski definition) is 0. The van der Waals surface area contributed by atoms with E-state index in [-0.39, 0.29) is 0 Å². The lowest BCUT2D eigenvalue weighted by Crippen LogP contribution is -2.03. The van der Waals surface area contributed by atoms with Gasteiger partial charge < -0.3 is 0 Å². The molecule has 0 radical (unpaired) electrons. The fraction of sp³-hybridized carbons (Fsp3) is 0.391. The molecule has 1 aliphatic rings. The highest BCUT2D eigenvalue weighted by molar-refractivity contribution is 5.85. The van der Waals surface area contributed by atoms with Gasteiger partial charge in [-0.25, -0.2) is 0 Å². The molecule has 0 heterocycles. The van der Waals surface area contributed by atoms with Gasteiger partial charge in [0.15, 0.2) is 0 Å². The van der Waals surface area contributed by atoms with Crippen LogP contribution < -0.4 is 0 Å². The van der Waals surface area contributed by atoms with Crippen LogP contribution in [0.25, 0.3) is 11.1 Å². The molecule has 132 valence electrons. The predicted octanol–water partition coefficient (Wildman–Crippen LogP) is 6.28. The Morgan fingerprint density at radius 3 is 2.72 bits per heavy atom. The standard InChI is InChI=1S/C23H30N2/c1-5-14-25-22(7-3)16-21-10-8-9-19-11-12-20(17-23(19)21)18(6-2)13-15-24-4/h7,11-17H,5-6,8-10H2,1-4H3/b18-13+,21-16+,22-7-,24-15?,25-14?. The fourth-order valence-electron chi connectivity index (χ4n) is 3.20. The van der Waals surface area contributed by atoms with Crippen molar-refractivity contribution in [2.24, 2.45) is 9.98 Å². The monoisotopic (exact) mass is 334 g/mol. The molecule has 0 N–H and O–H groups in total. The van der Waals surface area contributed by atoms with Crippen LogP contribution in [0.4, 0.5) is 0 Å². The van der Waals surface area contributed by atoms with Crippen LogP contribution in [0, 0.1) is 0 Å². The molecule has 1 aromatic rings. The number of nitrogens with zero attached hydrogens (tertiary/aromatic N) is 2. The second-order valence-electron chi connectivity index (χ2n) is 6.28. The summed E-state index contributed by atoms with van der Waals surface area (Å²) in [5, 5.41) is 0. The van der Waals surface area contributed by atoms with Gasteiger partial charge in [0.25, 0.3) is 0 Å². The number of hydrogen-bond acceptors (Lipinski definition) is 2. The van der Waals surface area contributed by atoms with Crippen molar-refractivity contribution in [3.8, 4) is 0 Å². The zero-order valence-corrected chi connectivity index (χ0v) is 16.0. The summed E-state index contributed by atoms with van der Waals surface area (Å²) in [5.41, 5.74) is 7.93. The van der Waals surface area contributed by atoms with Crippen LogP contribution >= 0.6 is 0 Å². The minimum Gasteiger partial charge on any atom is -0.297 e. The van der Waals surface area contributed by atoms with E-state index in [1.54, 1.807) is 0 Å². The highest BCUT2D eigenvalue weighted by Crippen LogP contribution is 2.34. The molecule has 1 aliphatic carbocycles. The first-order valence-corrected chi connectivity index (χ1v) is 9.37. The van der Waals surface area contributed by atoms with Gasteiger partial charge in [-0.1, -0.05) is 32.1 Å². The van der Waals surface area contributed by atoms with E-state index in [0.29, 0.717) is 0 Å². The first-order chi connectivity index (χ1) is 12.2. The maximum Gasteiger partial charge on any atom is 0.0586 e. The van der Waals surface area contributed by atoms with Gasteiger partial charge in [0, 0.05) is 19.5 Å². The molecule has 0 saturated heterocycles. The molecule has 1 aromatic carbocycles. The number of aryl methyl sites for hydroxylation is 1. The van der Waals surface area contributed by atoms with Crippen LogP contribution in [0.2, 0.25) is 0 Å². The zero-order chi connectivity index (χ0) is 18.1. The lowest BCUT2D eigenvalue weighted by atomic mass is 9.84. The molecule has 0 atom stereocenters. The average molecular weight is 335 g/mol. The van der Waals surface area contributed by atoms with Gasteiger partial charge >= 0.3 is 0 Å². The topological polar surface area (TPSA) is 24.7 Å². The maximum atomic E-state index is 4.57. The normalized spacial score (nSPS) is 17.7. The molecular formula is C23H30N2. The van der Waals surface area contributed by atoms with E-state index in [1.165, 1.54) is 34.3 Å². The summed E-state index contributed by atoms with van der Waals surface area (Å²) in [5.74, 6) is 0. The van der Waals surface area contributed by atoms with E-state index in [2.05, 4.69) is 67.2 Å². The molecule has 0 aliphatic heterocycles. The molecule has 0 amide bonds. The van der Waals surface area contributed by atoms with Crippen molar-refractivity contribution in [3.05, 3.63) is 58.8 Å². The first-order valence-electron chi connectivity index (χ1n) is 9.37. The Morgan fingerprint density at radius 1 is 1.20 bits per heavy atom. The highest BCUT2D eigenvalue weighted by atomic mass is 14.7. The Balaban J connectivity index is 2.45. The average Bonchev–Trinajstić information content (AvgIpc) is 2.65. The van der Waals surface area contributed by atoms with Crippen molar-refractivity contribution < 1.29 is 0 Å². The molecule has 0 aromatic heterocycles. The minimum absolute atomic E-state index is 0.963. The third-order valence-corrected chi connectivity index (χ3v) is 4.57. The summed E-state index contributed by atoms with van der Waals surface area (Å²) < 4.78 is 0. The van der Waals surface area contributed by atoms with Crippen molar-refractivity contribution in [1.29, 1.82) is 0 Å². The molecule has 2 rings (SSSR count). The van der Waals surface area contributed by atoms with E-state index in [0.717, 1.165) is 31.4 Å². The smallest absolute Gasteiger partial charge is 0.0586 e. The summed E-state index contributed by atoms with van der Waals surface area (Å²) in [6.45, 7) is 6.37. The molecule has 0 saturated carbocycles. The van der Waals surface area contributed by atoms with E-state index < -0.39 is 0 Å². The largest absolute Gasteiger partial charge is 0.297 e. The van der Waals surface area contributed by atoms with Crippen LogP contribution in [0.1, 0.15) is 63.1 Å². The van der Waals surface area contributed by atoms with Gasteiger partial charge in [0.1, 0.15) is 0 Å². The van der Waals surface area contributed by atoms with Crippen molar-refractivity contribution in [2.75, 3.05) is 7.05 Å². The Morgan fingerprint density at radius 2 is 2.04 bits per heavy atom. The summed E-state index contributed by atoms with van der Waals surface area (Å²) in [4.78, 5) is 8.67. The lowest BCUT2D eigenvalue weighted by molar-refractivity contribution is 0.821. The van der Waals surface area contributed by atoms with E-state index in [1.807, 2.05) is 19.5 Å². The molecule has 0 unspecified atom stereocenters. The number of aliphatic imine (C=N–C) groups is 2. The maximum absolute atomic E-state index is 4.57. The van der Waals surface area contributed by atoms with Gasteiger partial charge in [0.05, 0.1) is 5.70 Å². The van der Waals surface area contributed by atoms with Gasteiger partial charge in [-0.05, 0) is 85.1 Å². The van der Waals surface area contributed by atoms with Crippen LogP contribution in [-0.4, -0.2) is 19.5 Å². The quantitative estimate of drug-likeness (QED) is 0.547. The van der Waals surface area contributed by atoms with Gasteiger partial charge in [0.2, 0.25) is 0 Å². The lowest BCUT2D eigenvalue weighted by Gasteiger charge is -2.21. The number of rotatable bonds is 6. The van der Waals surface area contributed by atoms with Crippen LogP contribution in [0.3, 0.4) is 0 Å². The first kappa shape index (κ1) is 19.1. The predicted molar refractivity (Wildman–Crippen MR) is 113 cm³/mol. The highest BCUT2D eigenvalue weighted by Gasteiger charge is 2.15. The van der Waals surface area contributed by atoms with E-state index in [4.69, 9.17) is 0 Å². The Labute approximate surface area is 152 Å². The Kier molecular flexibility index (Phi) is 7.59. The van der Waals surface area contributed by atoms with Gasteiger partial charge in [-0.15, -0.1) is 0 Å². The third kappa shape index (κ3) is 5.12. The van der Waals surface area contributed by atoms with E-state index in [9.17, 15) is 0 Å². The van der Waals surface area contributed by atoms with Crippen LogP contribution in [0.5, 0.6) is 0 Å². The molecule has 0 spiro atoms. The number of fused-ring (bicyclic) bond motifs is 1. The Hall–Kier alpha value is -2.22. The minimum atomic E-state index is 0.963. The molecular weight excluding hydrogens is 304 g/mol. The summed E-state index contributed by atoms with van der Waals surface area (Å²) in [6, 6.07) is 6.91. The SMILES string of the molecule is C/C=C(/C=C1\CCCc2ccc(/C(=C/C=NC)CC)cc21)N=CCC. The second kappa shape index (κ2) is 9.93.